The van der Waals surface area contributed by atoms with Crippen molar-refractivity contribution in [3.63, 3.8) is 0 Å². The third kappa shape index (κ3) is 2.73. The summed E-state index contributed by atoms with van der Waals surface area (Å²) in [5.41, 5.74) is 6.21. The molecule has 2 N–H and O–H groups in total. The van der Waals surface area contributed by atoms with Crippen LogP contribution in [0.1, 0.15) is 44.9 Å². The lowest BCUT2D eigenvalue weighted by Crippen LogP contribution is -2.57. The van der Waals surface area contributed by atoms with Crippen molar-refractivity contribution in [2.75, 3.05) is 26.7 Å². The highest BCUT2D eigenvalue weighted by molar-refractivity contribution is 4.95. The maximum Gasteiger partial charge on any atom is 0.0113 e. The standard InChI is InChI=1S/C15H29N3/c1-17-7-3-4-12(10-17)11-18-14-5-2-6-15(18)9-13(16)8-14/h12-15H,2-11,16H2,1H3. The Kier molecular flexibility index (Phi) is 3.92. The molecule has 3 aliphatic rings. The molecule has 0 aliphatic carbocycles. The second-order valence-corrected chi connectivity index (χ2v) is 6.94. The second kappa shape index (κ2) is 5.48. The van der Waals surface area contributed by atoms with E-state index in [1.165, 1.54) is 64.6 Å². The Balaban J connectivity index is 1.61. The monoisotopic (exact) mass is 251 g/mol. The Morgan fingerprint density at radius 2 is 1.78 bits per heavy atom. The van der Waals surface area contributed by atoms with E-state index in [0.717, 1.165) is 18.0 Å². The lowest BCUT2D eigenvalue weighted by Gasteiger charge is -2.50. The van der Waals surface area contributed by atoms with Crippen LogP contribution in [0.25, 0.3) is 0 Å². The molecule has 2 bridgehead atoms. The lowest BCUT2D eigenvalue weighted by atomic mass is 9.81. The van der Waals surface area contributed by atoms with Gasteiger partial charge in [-0.05, 0) is 58.0 Å². The van der Waals surface area contributed by atoms with Crippen LogP contribution >= 0.6 is 0 Å². The van der Waals surface area contributed by atoms with Crippen LogP contribution in [-0.4, -0.2) is 54.6 Å². The molecule has 3 heteroatoms. The minimum absolute atomic E-state index is 0.477. The normalized spacial score (nSPS) is 43.0. The van der Waals surface area contributed by atoms with Gasteiger partial charge in [0, 0.05) is 31.2 Å². The van der Waals surface area contributed by atoms with Crippen LogP contribution in [0.4, 0.5) is 0 Å². The third-order valence-corrected chi connectivity index (χ3v) is 5.35. The predicted octanol–water partition coefficient (Wildman–Crippen LogP) is 1.67. The van der Waals surface area contributed by atoms with E-state index in [1.807, 2.05) is 0 Å². The molecular formula is C15H29N3. The average molecular weight is 251 g/mol. The molecular weight excluding hydrogens is 222 g/mol. The minimum atomic E-state index is 0.477. The van der Waals surface area contributed by atoms with Gasteiger partial charge in [-0.25, -0.2) is 0 Å². The average Bonchev–Trinajstić information content (AvgIpc) is 2.30. The fraction of sp³-hybridized carbons (Fsp3) is 1.00. The van der Waals surface area contributed by atoms with E-state index in [-0.39, 0.29) is 0 Å². The summed E-state index contributed by atoms with van der Waals surface area (Å²) in [4.78, 5) is 5.36. The number of nitrogens with two attached hydrogens (primary N) is 1. The highest BCUT2D eigenvalue weighted by Gasteiger charge is 2.38. The van der Waals surface area contributed by atoms with Gasteiger partial charge in [-0.3, -0.25) is 4.90 Å². The first-order valence-corrected chi connectivity index (χ1v) is 7.92. The highest BCUT2D eigenvalue weighted by atomic mass is 15.2. The van der Waals surface area contributed by atoms with Crippen molar-refractivity contribution in [1.29, 1.82) is 0 Å². The first-order valence-electron chi connectivity index (χ1n) is 7.92. The summed E-state index contributed by atoms with van der Waals surface area (Å²) in [5.74, 6) is 0.904. The number of rotatable bonds is 2. The van der Waals surface area contributed by atoms with Gasteiger partial charge in [0.2, 0.25) is 0 Å². The molecule has 3 rings (SSSR count). The predicted molar refractivity (Wildman–Crippen MR) is 75.6 cm³/mol. The van der Waals surface area contributed by atoms with Gasteiger partial charge < -0.3 is 10.6 Å². The highest BCUT2D eigenvalue weighted by Crippen LogP contribution is 2.34. The molecule has 3 fully saturated rings. The van der Waals surface area contributed by atoms with Crippen molar-refractivity contribution in [1.82, 2.24) is 9.80 Å². The lowest BCUT2D eigenvalue weighted by molar-refractivity contribution is 0.00888. The summed E-state index contributed by atoms with van der Waals surface area (Å²) >= 11 is 0. The molecule has 0 aromatic rings. The molecule has 3 heterocycles. The second-order valence-electron chi connectivity index (χ2n) is 6.94. The van der Waals surface area contributed by atoms with E-state index in [9.17, 15) is 0 Å². The van der Waals surface area contributed by atoms with Gasteiger partial charge in [0.1, 0.15) is 0 Å². The molecule has 3 atom stereocenters. The summed E-state index contributed by atoms with van der Waals surface area (Å²) in [6.07, 6.45) is 9.55. The van der Waals surface area contributed by atoms with Crippen LogP contribution in [0.15, 0.2) is 0 Å². The van der Waals surface area contributed by atoms with E-state index in [2.05, 4.69) is 16.8 Å². The van der Waals surface area contributed by atoms with Crippen molar-refractivity contribution in [3.05, 3.63) is 0 Å². The molecule has 0 radical (unpaired) electrons. The smallest absolute Gasteiger partial charge is 0.0113 e. The molecule has 0 saturated carbocycles. The summed E-state index contributed by atoms with van der Waals surface area (Å²) in [7, 11) is 2.28. The summed E-state index contributed by atoms with van der Waals surface area (Å²) < 4.78 is 0. The maximum atomic E-state index is 6.21. The van der Waals surface area contributed by atoms with Crippen molar-refractivity contribution < 1.29 is 0 Å². The number of nitrogens with zero attached hydrogens (tertiary/aromatic N) is 2. The number of likely N-dealkylation sites (tertiary alicyclic amines) is 1. The molecule has 3 unspecified atom stereocenters. The van der Waals surface area contributed by atoms with Gasteiger partial charge in [0.05, 0.1) is 0 Å². The fourth-order valence-corrected chi connectivity index (χ4v) is 4.54. The summed E-state index contributed by atoms with van der Waals surface area (Å²) in [5, 5.41) is 0. The van der Waals surface area contributed by atoms with E-state index in [1.54, 1.807) is 0 Å². The zero-order chi connectivity index (χ0) is 12.5. The molecule has 0 amide bonds. The first-order chi connectivity index (χ1) is 8.72. The van der Waals surface area contributed by atoms with Crippen LogP contribution < -0.4 is 5.73 Å². The van der Waals surface area contributed by atoms with Crippen LogP contribution in [0.2, 0.25) is 0 Å². The van der Waals surface area contributed by atoms with Crippen LogP contribution in [0, 0.1) is 5.92 Å². The van der Waals surface area contributed by atoms with E-state index in [4.69, 9.17) is 5.73 Å². The third-order valence-electron chi connectivity index (χ3n) is 5.35. The molecule has 104 valence electrons. The fourth-order valence-electron chi connectivity index (χ4n) is 4.54. The Morgan fingerprint density at radius 1 is 1.06 bits per heavy atom. The number of hydrogen-bond donors (Lipinski definition) is 1. The Hall–Kier alpha value is -0.120. The SMILES string of the molecule is CN1CCCC(CN2C3CCCC2CC(N)C3)C1. The Morgan fingerprint density at radius 3 is 2.44 bits per heavy atom. The van der Waals surface area contributed by atoms with Crippen molar-refractivity contribution in [2.24, 2.45) is 11.7 Å². The summed E-state index contributed by atoms with van der Waals surface area (Å²) in [6.45, 7) is 3.95. The van der Waals surface area contributed by atoms with Crippen LogP contribution in [0.5, 0.6) is 0 Å². The molecule has 3 aliphatic heterocycles. The van der Waals surface area contributed by atoms with Gasteiger partial charge >= 0.3 is 0 Å². The molecule has 0 aromatic carbocycles. The maximum absolute atomic E-state index is 6.21. The van der Waals surface area contributed by atoms with Crippen molar-refractivity contribution in [3.8, 4) is 0 Å². The zero-order valence-corrected chi connectivity index (χ0v) is 11.9. The van der Waals surface area contributed by atoms with Gasteiger partial charge in [0.15, 0.2) is 0 Å². The van der Waals surface area contributed by atoms with Crippen molar-refractivity contribution in [2.45, 2.75) is 63.1 Å². The summed E-state index contributed by atoms with van der Waals surface area (Å²) in [6, 6.07) is 2.09. The topological polar surface area (TPSA) is 32.5 Å². The zero-order valence-electron chi connectivity index (χ0n) is 11.9. The van der Waals surface area contributed by atoms with E-state index >= 15 is 0 Å². The largest absolute Gasteiger partial charge is 0.328 e. The quantitative estimate of drug-likeness (QED) is 0.810. The number of piperidine rings is 3. The molecule has 3 nitrogen and oxygen atoms in total. The van der Waals surface area contributed by atoms with Gasteiger partial charge in [-0.15, -0.1) is 0 Å². The van der Waals surface area contributed by atoms with Gasteiger partial charge in [-0.1, -0.05) is 6.42 Å². The Bertz CT molecular complexity index is 267. The van der Waals surface area contributed by atoms with Gasteiger partial charge in [0.25, 0.3) is 0 Å². The molecule has 3 saturated heterocycles. The van der Waals surface area contributed by atoms with Crippen LogP contribution in [0.3, 0.4) is 0 Å². The van der Waals surface area contributed by atoms with Gasteiger partial charge in [-0.2, -0.15) is 0 Å². The molecule has 0 aromatic heterocycles. The van der Waals surface area contributed by atoms with E-state index < -0.39 is 0 Å². The van der Waals surface area contributed by atoms with E-state index in [0.29, 0.717) is 6.04 Å². The van der Waals surface area contributed by atoms with Crippen molar-refractivity contribution >= 4 is 0 Å². The molecule has 18 heavy (non-hydrogen) atoms. The Labute approximate surface area is 112 Å². The number of hydrogen-bond acceptors (Lipinski definition) is 3. The molecule has 0 spiro atoms. The number of fused-ring (bicyclic) bond motifs is 2. The van der Waals surface area contributed by atoms with Crippen LogP contribution in [-0.2, 0) is 0 Å². The minimum Gasteiger partial charge on any atom is -0.328 e. The first kappa shape index (κ1) is 12.9.